The lowest BCUT2D eigenvalue weighted by Crippen LogP contribution is -2.38. The van der Waals surface area contributed by atoms with Gasteiger partial charge in [-0.05, 0) is 48.7 Å². The summed E-state index contributed by atoms with van der Waals surface area (Å²) in [7, 11) is 4.81. The average molecular weight is 407 g/mol. The standard InChI is InChI=1S/C21H27F2N3O3/c1-14-5-6-15(11-19(14)28-4)9-10-25-21(24-2)26-13-16-12-17(27-3)7-8-18(16)29-20(22)23/h5-8,11-12,20H,9-10,13H2,1-4H3,(H2,24,25,26). The lowest BCUT2D eigenvalue weighted by molar-refractivity contribution is -0.0504. The molecule has 0 aliphatic heterocycles. The van der Waals surface area contributed by atoms with Crippen molar-refractivity contribution in [2.75, 3.05) is 27.8 Å². The van der Waals surface area contributed by atoms with Crippen molar-refractivity contribution in [3.8, 4) is 17.2 Å². The van der Waals surface area contributed by atoms with Gasteiger partial charge in [0.15, 0.2) is 5.96 Å². The molecule has 0 bridgehead atoms. The van der Waals surface area contributed by atoms with Crippen LogP contribution < -0.4 is 24.8 Å². The zero-order valence-corrected chi connectivity index (χ0v) is 17.1. The predicted octanol–water partition coefficient (Wildman–Crippen LogP) is 3.52. The molecule has 0 amide bonds. The summed E-state index contributed by atoms with van der Waals surface area (Å²) in [6.07, 6.45) is 0.774. The van der Waals surface area contributed by atoms with Gasteiger partial charge in [-0.2, -0.15) is 8.78 Å². The number of ether oxygens (including phenoxy) is 3. The molecule has 0 aliphatic rings. The summed E-state index contributed by atoms with van der Waals surface area (Å²) >= 11 is 0. The number of aryl methyl sites for hydroxylation is 1. The van der Waals surface area contributed by atoms with Crippen LogP contribution in [0.4, 0.5) is 8.78 Å². The van der Waals surface area contributed by atoms with Crippen LogP contribution >= 0.6 is 0 Å². The highest BCUT2D eigenvalue weighted by Crippen LogP contribution is 2.25. The van der Waals surface area contributed by atoms with Crippen molar-refractivity contribution >= 4 is 5.96 Å². The molecular weight excluding hydrogens is 380 g/mol. The number of alkyl halides is 2. The van der Waals surface area contributed by atoms with Crippen LogP contribution in [-0.4, -0.2) is 40.4 Å². The molecule has 0 fully saturated rings. The van der Waals surface area contributed by atoms with Crippen LogP contribution in [-0.2, 0) is 13.0 Å². The van der Waals surface area contributed by atoms with E-state index in [0.717, 1.165) is 23.3 Å². The van der Waals surface area contributed by atoms with E-state index in [4.69, 9.17) is 9.47 Å². The zero-order chi connectivity index (χ0) is 21.2. The third kappa shape index (κ3) is 6.81. The lowest BCUT2D eigenvalue weighted by Gasteiger charge is -2.15. The van der Waals surface area contributed by atoms with E-state index in [9.17, 15) is 8.78 Å². The van der Waals surface area contributed by atoms with Crippen molar-refractivity contribution < 1.29 is 23.0 Å². The molecule has 0 saturated heterocycles. The fourth-order valence-corrected chi connectivity index (χ4v) is 2.78. The van der Waals surface area contributed by atoms with Crippen molar-refractivity contribution in [1.82, 2.24) is 10.6 Å². The molecule has 29 heavy (non-hydrogen) atoms. The molecule has 0 spiro atoms. The van der Waals surface area contributed by atoms with Gasteiger partial charge in [0.25, 0.3) is 0 Å². The molecule has 8 heteroatoms. The third-order valence-electron chi connectivity index (χ3n) is 4.33. The Morgan fingerprint density at radius 1 is 1.03 bits per heavy atom. The van der Waals surface area contributed by atoms with Crippen molar-refractivity contribution in [1.29, 1.82) is 0 Å². The molecule has 0 aliphatic carbocycles. The van der Waals surface area contributed by atoms with Gasteiger partial charge in [0, 0.05) is 25.7 Å². The third-order valence-corrected chi connectivity index (χ3v) is 4.33. The van der Waals surface area contributed by atoms with Gasteiger partial charge in [-0.15, -0.1) is 0 Å². The Balaban J connectivity index is 1.93. The smallest absolute Gasteiger partial charge is 0.387 e. The first kappa shape index (κ1) is 22.3. The van der Waals surface area contributed by atoms with Crippen molar-refractivity contribution in [2.45, 2.75) is 26.5 Å². The summed E-state index contributed by atoms with van der Waals surface area (Å²) in [6.45, 7) is -0.00936. The SMILES string of the molecule is CN=C(NCCc1ccc(C)c(OC)c1)NCc1cc(OC)ccc1OC(F)F. The monoisotopic (exact) mass is 407 g/mol. The molecule has 2 aromatic carbocycles. The summed E-state index contributed by atoms with van der Waals surface area (Å²) in [4.78, 5) is 4.16. The normalized spacial score (nSPS) is 11.3. The average Bonchev–Trinajstić information content (AvgIpc) is 2.72. The minimum atomic E-state index is -2.90. The first-order valence-electron chi connectivity index (χ1n) is 9.16. The largest absolute Gasteiger partial charge is 0.497 e. The fourth-order valence-electron chi connectivity index (χ4n) is 2.78. The maximum Gasteiger partial charge on any atom is 0.387 e. The van der Waals surface area contributed by atoms with Gasteiger partial charge in [0.1, 0.15) is 17.2 Å². The van der Waals surface area contributed by atoms with Crippen LogP contribution in [0.1, 0.15) is 16.7 Å². The van der Waals surface area contributed by atoms with Gasteiger partial charge in [-0.3, -0.25) is 4.99 Å². The fraction of sp³-hybridized carbons (Fsp3) is 0.381. The topological polar surface area (TPSA) is 64.1 Å². The summed E-state index contributed by atoms with van der Waals surface area (Å²) in [6, 6.07) is 10.8. The lowest BCUT2D eigenvalue weighted by atomic mass is 10.1. The molecule has 6 nitrogen and oxygen atoms in total. The number of hydrogen-bond donors (Lipinski definition) is 2. The molecule has 0 aromatic heterocycles. The summed E-state index contributed by atoms with van der Waals surface area (Å²) in [5.74, 6) is 2.06. The van der Waals surface area contributed by atoms with E-state index in [2.05, 4.69) is 26.4 Å². The minimum Gasteiger partial charge on any atom is -0.497 e. The molecule has 2 N–H and O–H groups in total. The van der Waals surface area contributed by atoms with Crippen LogP contribution in [0.3, 0.4) is 0 Å². The predicted molar refractivity (Wildman–Crippen MR) is 109 cm³/mol. The first-order chi connectivity index (χ1) is 14.0. The van der Waals surface area contributed by atoms with Gasteiger partial charge in [0.05, 0.1) is 14.2 Å². The van der Waals surface area contributed by atoms with E-state index in [-0.39, 0.29) is 12.3 Å². The van der Waals surface area contributed by atoms with Crippen LogP contribution in [0.15, 0.2) is 41.4 Å². The number of nitrogens with one attached hydrogen (secondary N) is 2. The Labute approximate surface area is 169 Å². The van der Waals surface area contributed by atoms with Gasteiger partial charge >= 0.3 is 6.61 Å². The van der Waals surface area contributed by atoms with Crippen molar-refractivity contribution in [2.24, 2.45) is 4.99 Å². The highest BCUT2D eigenvalue weighted by molar-refractivity contribution is 5.79. The number of methoxy groups -OCH3 is 2. The molecule has 158 valence electrons. The second kappa shape index (κ2) is 11.1. The maximum absolute atomic E-state index is 12.6. The summed E-state index contributed by atoms with van der Waals surface area (Å²) < 4.78 is 40.4. The van der Waals surface area contributed by atoms with Crippen molar-refractivity contribution in [3.05, 3.63) is 53.1 Å². The number of benzene rings is 2. The number of aliphatic imine (C=N–C) groups is 1. The quantitative estimate of drug-likeness (QED) is 0.492. The Morgan fingerprint density at radius 3 is 2.48 bits per heavy atom. The summed E-state index contributed by atoms with van der Waals surface area (Å²) in [5, 5.41) is 6.31. The number of halogens is 2. The van der Waals surface area contributed by atoms with E-state index in [1.165, 1.54) is 13.2 Å². The number of hydrogen-bond acceptors (Lipinski definition) is 4. The molecule has 2 rings (SSSR count). The van der Waals surface area contributed by atoms with Crippen LogP contribution in [0.2, 0.25) is 0 Å². The second-order valence-corrected chi connectivity index (χ2v) is 6.26. The maximum atomic E-state index is 12.6. The first-order valence-corrected chi connectivity index (χ1v) is 9.16. The van der Waals surface area contributed by atoms with E-state index < -0.39 is 6.61 Å². The molecular formula is C21H27F2N3O3. The highest BCUT2D eigenvalue weighted by atomic mass is 19.3. The Kier molecular flexibility index (Phi) is 8.51. The van der Waals surface area contributed by atoms with Crippen LogP contribution in [0.25, 0.3) is 0 Å². The van der Waals surface area contributed by atoms with Gasteiger partial charge in [-0.25, -0.2) is 0 Å². The molecule has 0 atom stereocenters. The Bertz CT molecular complexity index is 829. The van der Waals surface area contributed by atoms with Gasteiger partial charge < -0.3 is 24.8 Å². The minimum absolute atomic E-state index is 0.0931. The number of guanidine groups is 1. The highest BCUT2D eigenvalue weighted by Gasteiger charge is 2.11. The van der Waals surface area contributed by atoms with E-state index in [1.54, 1.807) is 26.3 Å². The Hall–Kier alpha value is -3.03. The zero-order valence-electron chi connectivity index (χ0n) is 17.1. The van der Waals surface area contributed by atoms with Gasteiger partial charge in [0.2, 0.25) is 0 Å². The molecule has 0 unspecified atom stereocenters. The van der Waals surface area contributed by atoms with Crippen molar-refractivity contribution in [3.63, 3.8) is 0 Å². The molecule has 0 radical (unpaired) electrons. The van der Waals surface area contributed by atoms with Crippen LogP contribution in [0.5, 0.6) is 17.2 Å². The van der Waals surface area contributed by atoms with Gasteiger partial charge in [-0.1, -0.05) is 12.1 Å². The second-order valence-electron chi connectivity index (χ2n) is 6.26. The van der Waals surface area contributed by atoms with E-state index >= 15 is 0 Å². The molecule has 2 aromatic rings. The molecule has 0 saturated carbocycles. The van der Waals surface area contributed by atoms with E-state index in [1.807, 2.05) is 19.1 Å². The van der Waals surface area contributed by atoms with Crippen LogP contribution in [0, 0.1) is 6.92 Å². The number of nitrogens with zero attached hydrogens (tertiary/aromatic N) is 1. The Morgan fingerprint density at radius 2 is 1.83 bits per heavy atom. The van der Waals surface area contributed by atoms with E-state index in [0.29, 0.717) is 23.8 Å². The summed E-state index contributed by atoms with van der Waals surface area (Å²) in [5.41, 5.74) is 2.76. The number of rotatable bonds is 9. The molecule has 0 heterocycles.